The van der Waals surface area contributed by atoms with Crippen LogP contribution in [0.5, 0.6) is 0 Å². The van der Waals surface area contributed by atoms with Crippen molar-refractivity contribution in [3.63, 3.8) is 0 Å². The zero-order chi connectivity index (χ0) is 22.0. The quantitative estimate of drug-likeness (QED) is 0.479. The lowest BCUT2D eigenvalue weighted by Gasteiger charge is -2.11. The molecule has 0 radical (unpaired) electrons. The molecule has 0 bridgehead atoms. The number of carbonyl (C=O) groups is 2. The number of aromatic nitrogens is 4. The van der Waals surface area contributed by atoms with Crippen molar-refractivity contribution >= 4 is 33.6 Å². The summed E-state index contributed by atoms with van der Waals surface area (Å²) in [6, 6.07) is 14.4. The number of para-hydroxylation sites is 2. The van der Waals surface area contributed by atoms with E-state index in [0.717, 1.165) is 11.0 Å². The second-order valence-electron chi connectivity index (χ2n) is 7.18. The number of nitrogens with one attached hydrogen (secondary N) is 2. The van der Waals surface area contributed by atoms with Crippen LogP contribution in [0.15, 0.2) is 53.3 Å². The Balaban J connectivity index is 1.52. The third kappa shape index (κ3) is 3.89. The van der Waals surface area contributed by atoms with Crippen LogP contribution >= 0.6 is 0 Å². The first-order valence-corrected chi connectivity index (χ1v) is 9.99. The molecule has 0 aliphatic rings. The predicted molar refractivity (Wildman–Crippen MR) is 116 cm³/mol. The van der Waals surface area contributed by atoms with Crippen molar-refractivity contribution < 1.29 is 9.59 Å². The average Bonchev–Trinajstić information content (AvgIpc) is 3.09. The largest absolute Gasteiger partial charge is 0.331 e. The van der Waals surface area contributed by atoms with Gasteiger partial charge in [0.2, 0.25) is 5.91 Å². The van der Waals surface area contributed by atoms with E-state index in [-0.39, 0.29) is 17.7 Å². The number of hydrogen-bond donors (Lipinski definition) is 2. The average molecular weight is 418 g/mol. The van der Waals surface area contributed by atoms with E-state index in [4.69, 9.17) is 0 Å². The number of benzene rings is 2. The van der Waals surface area contributed by atoms with Crippen LogP contribution < -0.4 is 16.4 Å². The molecule has 0 unspecified atom stereocenters. The number of amides is 2. The van der Waals surface area contributed by atoms with E-state index in [1.807, 2.05) is 42.8 Å². The van der Waals surface area contributed by atoms with Gasteiger partial charge in [0.05, 0.1) is 22.8 Å². The fourth-order valence-corrected chi connectivity index (χ4v) is 3.49. The van der Waals surface area contributed by atoms with E-state index in [1.54, 1.807) is 24.3 Å². The molecule has 0 saturated carbocycles. The molecule has 158 valence electrons. The minimum absolute atomic E-state index is 0.00499. The summed E-state index contributed by atoms with van der Waals surface area (Å²) in [4.78, 5) is 42.2. The summed E-state index contributed by atoms with van der Waals surface area (Å²) in [6.45, 7) is 2.31. The zero-order valence-corrected chi connectivity index (χ0v) is 17.3. The van der Waals surface area contributed by atoms with Crippen molar-refractivity contribution in [2.24, 2.45) is 7.05 Å². The van der Waals surface area contributed by atoms with Crippen molar-refractivity contribution in [1.29, 1.82) is 0 Å². The number of imidazole rings is 1. The molecule has 2 amide bonds. The second-order valence-corrected chi connectivity index (χ2v) is 7.18. The number of nitrogens with zero attached hydrogens (tertiary/aromatic N) is 4. The first kappa shape index (κ1) is 20.3. The molecular weight excluding hydrogens is 396 g/mol. The van der Waals surface area contributed by atoms with E-state index >= 15 is 0 Å². The van der Waals surface area contributed by atoms with Crippen LogP contribution in [0.4, 0.5) is 0 Å². The smallest absolute Gasteiger partial charge is 0.290 e. The molecule has 31 heavy (non-hydrogen) atoms. The van der Waals surface area contributed by atoms with Gasteiger partial charge in [-0.25, -0.2) is 9.67 Å². The Morgan fingerprint density at radius 1 is 1.00 bits per heavy atom. The Morgan fingerprint density at radius 2 is 1.71 bits per heavy atom. The second kappa shape index (κ2) is 8.39. The molecule has 4 rings (SSSR count). The van der Waals surface area contributed by atoms with Gasteiger partial charge in [0.25, 0.3) is 11.5 Å². The number of hydrazine groups is 1. The maximum atomic E-state index is 12.8. The third-order valence-electron chi connectivity index (χ3n) is 5.03. The Bertz CT molecular complexity index is 1350. The van der Waals surface area contributed by atoms with Crippen molar-refractivity contribution in [2.45, 2.75) is 26.3 Å². The first-order valence-electron chi connectivity index (χ1n) is 9.99. The van der Waals surface area contributed by atoms with E-state index in [9.17, 15) is 14.4 Å². The highest BCUT2D eigenvalue weighted by Gasteiger charge is 2.18. The molecule has 9 nitrogen and oxygen atoms in total. The minimum Gasteiger partial charge on any atom is -0.331 e. The van der Waals surface area contributed by atoms with Crippen molar-refractivity contribution in [3.05, 3.63) is 70.4 Å². The molecule has 0 spiro atoms. The number of rotatable bonds is 5. The van der Waals surface area contributed by atoms with Crippen molar-refractivity contribution in [1.82, 2.24) is 30.2 Å². The lowest BCUT2D eigenvalue weighted by Crippen LogP contribution is -2.43. The maximum absolute atomic E-state index is 12.8. The van der Waals surface area contributed by atoms with Gasteiger partial charge in [0, 0.05) is 19.0 Å². The zero-order valence-electron chi connectivity index (χ0n) is 17.3. The Kier molecular flexibility index (Phi) is 5.48. The summed E-state index contributed by atoms with van der Waals surface area (Å²) in [6.07, 6.45) is 0.691. The highest BCUT2D eigenvalue weighted by Crippen LogP contribution is 2.15. The van der Waals surface area contributed by atoms with Crippen LogP contribution in [0, 0.1) is 0 Å². The van der Waals surface area contributed by atoms with Crippen molar-refractivity contribution in [2.75, 3.05) is 0 Å². The van der Waals surface area contributed by atoms with E-state index in [0.29, 0.717) is 29.6 Å². The summed E-state index contributed by atoms with van der Waals surface area (Å²) in [5.74, 6) is -0.439. The molecule has 0 fully saturated rings. The molecule has 2 N–H and O–H groups in total. The van der Waals surface area contributed by atoms with Crippen molar-refractivity contribution in [3.8, 4) is 0 Å². The number of hydrogen-bond acceptors (Lipinski definition) is 5. The summed E-state index contributed by atoms with van der Waals surface area (Å²) < 4.78 is 3.12. The monoisotopic (exact) mass is 418 g/mol. The molecule has 2 aromatic heterocycles. The van der Waals surface area contributed by atoms with Crippen LogP contribution in [-0.4, -0.2) is 31.1 Å². The number of aryl methyl sites for hydroxylation is 2. The van der Waals surface area contributed by atoms with Crippen LogP contribution in [0.25, 0.3) is 21.8 Å². The molecule has 2 aromatic carbocycles. The summed E-state index contributed by atoms with van der Waals surface area (Å²) >= 11 is 0. The van der Waals surface area contributed by atoms with Crippen LogP contribution in [0.1, 0.15) is 29.7 Å². The SMILES string of the molecule is CCCn1nc(C(=O)NNC(=O)Cc2nc3ccccc3n2C)c2ccccc2c1=O. The predicted octanol–water partition coefficient (Wildman–Crippen LogP) is 1.70. The first-order chi connectivity index (χ1) is 15.0. The van der Waals surface area contributed by atoms with Gasteiger partial charge in [-0.1, -0.05) is 37.3 Å². The topological polar surface area (TPSA) is 111 Å². The van der Waals surface area contributed by atoms with Gasteiger partial charge in [-0.15, -0.1) is 0 Å². The standard InChI is InChI=1S/C22H22N6O3/c1-3-12-28-22(31)15-9-5-4-8-14(15)20(26-28)21(30)25-24-19(29)13-18-23-16-10-6-7-11-17(16)27(18)2/h4-11H,3,12-13H2,1-2H3,(H,24,29)(H,25,30). The molecule has 0 saturated heterocycles. The highest BCUT2D eigenvalue weighted by molar-refractivity contribution is 6.05. The van der Waals surface area contributed by atoms with Gasteiger partial charge in [-0.2, -0.15) is 5.10 Å². The van der Waals surface area contributed by atoms with Gasteiger partial charge in [-0.05, 0) is 24.6 Å². The molecule has 0 aliphatic carbocycles. The van der Waals surface area contributed by atoms with Gasteiger partial charge in [0.15, 0.2) is 5.69 Å². The minimum atomic E-state index is -0.598. The number of carbonyl (C=O) groups excluding carboxylic acids is 2. The Labute approximate surface area is 177 Å². The van der Waals surface area contributed by atoms with Gasteiger partial charge in [-0.3, -0.25) is 25.2 Å². The molecule has 9 heteroatoms. The maximum Gasteiger partial charge on any atom is 0.290 e. The highest BCUT2D eigenvalue weighted by atomic mass is 16.2. The Morgan fingerprint density at radius 3 is 2.45 bits per heavy atom. The van der Waals surface area contributed by atoms with E-state index in [1.165, 1.54) is 4.68 Å². The molecule has 2 heterocycles. The third-order valence-corrected chi connectivity index (χ3v) is 5.03. The molecule has 0 aliphatic heterocycles. The summed E-state index contributed by atoms with van der Waals surface area (Å²) in [5.41, 5.74) is 6.35. The van der Waals surface area contributed by atoms with E-state index < -0.39 is 11.8 Å². The van der Waals surface area contributed by atoms with Gasteiger partial charge in [0.1, 0.15) is 5.82 Å². The van der Waals surface area contributed by atoms with Crippen LogP contribution in [0.2, 0.25) is 0 Å². The normalized spacial score (nSPS) is 11.0. The van der Waals surface area contributed by atoms with Crippen LogP contribution in [-0.2, 0) is 24.8 Å². The lowest BCUT2D eigenvalue weighted by atomic mass is 10.1. The van der Waals surface area contributed by atoms with E-state index in [2.05, 4.69) is 20.9 Å². The van der Waals surface area contributed by atoms with Gasteiger partial charge < -0.3 is 4.57 Å². The summed E-state index contributed by atoms with van der Waals surface area (Å²) in [5, 5.41) is 5.06. The molecule has 4 aromatic rings. The summed E-state index contributed by atoms with van der Waals surface area (Å²) in [7, 11) is 1.84. The fourth-order valence-electron chi connectivity index (χ4n) is 3.49. The van der Waals surface area contributed by atoms with Crippen LogP contribution in [0.3, 0.4) is 0 Å². The fraction of sp³-hybridized carbons (Fsp3) is 0.227. The lowest BCUT2D eigenvalue weighted by molar-refractivity contribution is -0.121. The molecular formula is C22H22N6O3. The van der Waals surface area contributed by atoms with Gasteiger partial charge >= 0.3 is 0 Å². The molecule has 0 atom stereocenters. The number of fused-ring (bicyclic) bond motifs is 2. The Hall–Kier alpha value is -4.01.